The van der Waals surface area contributed by atoms with Gasteiger partial charge in [-0.2, -0.15) is 5.10 Å². The molecule has 0 saturated carbocycles. The first-order chi connectivity index (χ1) is 7.77. The van der Waals surface area contributed by atoms with Crippen molar-refractivity contribution in [3.63, 3.8) is 0 Å². The molecule has 1 amide bonds. The van der Waals surface area contributed by atoms with Crippen molar-refractivity contribution in [3.8, 4) is 0 Å². The van der Waals surface area contributed by atoms with Gasteiger partial charge in [-0.15, -0.1) is 0 Å². The molecule has 0 aliphatic rings. The maximum Gasteiger partial charge on any atom is 0.288 e. The second-order valence-corrected chi connectivity index (χ2v) is 3.52. The average Bonchev–Trinajstić information content (AvgIpc) is 2.81. The van der Waals surface area contributed by atoms with E-state index in [2.05, 4.69) is 39.2 Å². The molecule has 90 valence electrons. The van der Waals surface area contributed by atoms with Crippen molar-refractivity contribution in [1.29, 1.82) is 0 Å². The molecule has 0 aliphatic heterocycles. The van der Waals surface area contributed by atoms with E-state index in [4.69, 9.17) is 0 Å². The standard InChI is InChI=1S/C10H19N5O/c1-3-6-15(4-2)7-5-11-10(16)9-12-8-13-14-9/h8H,3-7H2,1-2H3,(H,11,16)(H,12,13,14). The van der Waals surface area contributed by atoms with Gasteiger partial charge in [0.2, 0.25) is 5.82 Å². The van der Waals surface area contributed by atoms with Crippen LogP contribution in [-0.4, -0.2) is 52.2 Å². The van der Waals surface area contributed by atoms with E-state index in [1.165, 1.54) is 6.33 Å². The molecule has 0 aliphatic carbocycles. The van der Waals surface area contributed by atoms with Crippen molar-refractivity contribution in [2.75, 3.05) is 26.2 Å². The van der Waals surface area contributed by atoms with Gasteiger partial charge in [-0.25, -0.2) is 4.98 Å². The molecular formula is C10H19N5O. The van der Waals surface area contributed by atoms with Crippen LogP contribution in [0.2, 0.25) is 0 Å². The van der Waals surface area contributed by atoms with Crippen molar-refractivity contribution >= 4 is 5.91 Å². The summed E-state index contributed by atoms with van der Waals surface area (Å²) in [5, 5.41) is 8.95. The number of carbonyl (C=O) groups excluding carboxylic acids is 1. The highest BCUT2D eigenvalue weighted by Gasteiger charge is 2.08. The van der Waals surface area contributed by atoms with Gasteiger partial charge in [0.25, 0.3) is 5.91 Å². The number of aromatic nitrogens is 3. The molecule has 1 aromatic heterocycles. The summed E-state index contributed by atoms with van der Waals surface area (Å²) in [5.41, 5.74) is 0. The summed E-state index contributed by atoms with van der Waals surface area (Å²) in [6.45, 7) is 7.84. The Labute approximate surface area is 95.4 Å². The van der Waals surface area contributed by atoms with Crippen LogP contribution in [0.5, 0.6) is 0 Å². The van der Waals surface area contributed by atoms with Crippen LogP contribution in [0, 0.1) is 0 Å². The van der Waals surface area contributed by atoms with Crippen LogP contribution in [0.3, 0.4) is 0 Å². The third-order valence-corrected chi connectivity index (χ3v) is 2.33. The van der Waals surface area contributed by atoms with Crippen molar-refractivity contribution < 1.29 is 4.79 Å². The van der Waals surface area contributed by atoms with Gasteiger partial charge in [0.05, 0.1) is 0 Å². The van der Waals surface area contributed by atoms with Gasteiger partial charge in [-0.05, 0) is 19.5 Å². The number of nitrogens with zero attached hydrogens (tertiary/aromatic N) is 3. The van der Waals surface area contributed by atoms with Crippen molar-refractivity contribution in [3.05, 3.63) is 12.2 Å². The summed E-state index contributed by atoms with van der Waals surface area (Å²) in [4.78, 5) is 17.5. The van der Waals surface area contributed by atoms with E-state index in [1.54, 1.807) is 0 Å². The Balaban J connectivity index is 2.22. The van der Waals surface area contributed by atoms with Gasteiger partial charge in [-0.1, -0.05) is 13.8 Å². The molecule has 0 saturated heterocycles. The topological polar surface area (TPSA) is 73.9 Å². The smallest absolute Gasteiger partial charge is 0.288 e. The van der Waals surface area contributed by atoms with E-state index in [-0.39, 0.29) is 11.7 Å². The van der Waals surface area contributed by atoms with Gasteiger partial charge in [-0.3, -0.25) is 9.89 Å². The summed E-state index contributed by atoms with van der Waals surface area (Å²) >= 11 is 0. The zero-order valence-corrected chi connectivity index (χ0v) is 9.86. The van der Waals surface area contributed by atoms with E-state index in [0.717, 1.165) is 26.1 Å². The van der Waals surface area contributed by atoms with Crippen LogP contribution < -0.4 is 5.32 Å². The predicted molar refractivity (Wildman–Crippen MR) is 61.1 cm³/mol. The molecular weight excluding hydrogens is 206 g/mol. The highest BCUT2D eigenvalue weighted by molar-refractivity contribution is 5.90. The summed E-state index contributed by atoms with van der Waals surface area (Å²) in [6, 6.07) is 0. The van der Waals surface area contributed by atoms with Crippen molar-refractivity contribution in [2.24, 2.45) is 0 Å². The van der Waals surface area contributed by atoms with Gasteiger partial charge in [0.1, 0.15) is 6.33 Å². The lowest BCUT2D eigenvalue weighted by atomic mass is 10.4. The SMILES string of the molecule is CCCN(CC)CCNC(=O)c1ncn[nH]1. The molecule has 0 unspecified atom stereocenters. The minimum atomic E-state index is -0.204. The van der Waals surface area contributed by atoms with E-state index in [9.17, 15) is 4.79 Å². The van der Waals surface area contributed by atoms with Crippen molar-refractivity contribution in [1.82, 2.24) is 25.4 Å². The van der Waals surface area contributed by atoms with Crippen LogP contribution in [0.15, 0.2) is 6.33 Å². The molecule has 1 heterocycles. The fourth-order valence-electron chi connectivity index (χ4n) is 1.47. The third-order valence-electron chi connectivity index (χ3n) is 2.33. The van der Waals surface area contributed by atoms with Gasteiger partial charge < -0.3 is 10.2 Å². The number of hydrogen-bond donors (Lipinski definition) is 2. The van der Waals surface area contributed by atoms with E-state index in [0.29, 0.717) is 6.54 Å². The number of H-pyrrole nitrogens is 1. The molecule has 0 radical (unpaired) electrons. The fourth-order valence-corrected chi connectivity index (χ4v) is 1.47. The molecule has 6 heteroatoms. The maximum absolute atomic E-state index is 11.5. The third kappa shape index (κ3) is 3.98. The number of hydrogen-bond acceptors (Lipinski definition) is 4. The number of nitrogens with one attached hydrogen (secondary N) is 2. The number of likely N-dealkylation sites (N-methyl/N-ethyl adjacent to an activating group) is 1. The van der Waals surface area contributed by atoms with Gasteiger partial charge >= 0.3 is 0 Å². The summed E-state index contributed by atoms with van der Waals surface area (Å²) in [7, 11) is 0. The van der Waals surface area contributed by atoms with Crippen LogP contribution in [-0.2, 0) is 0 Å². The first-order valence-corrected chi connectivity index (χ1v) is 5.63. The Hall–Kier alpha value is -1.43. The highest BCUT2D eigenvalue weighted by Crippen LogP contribution is 1.90. The Kier molecular flexibility index (Phi) is 5.49. The molecule has 0 fully saturated rings. The second-order valence-electron chi connectivity index (χ2n) is 3.52. The molecule has 16 heavy (non-hydrogen) atoms. The lowest BCUT2D eigenvalue weighted by Crippen LogP contribution is -2.35. The van der Waals surface area contributed by atoms with Gasteiger partial charge in [0, 0.05) is 13.1 Å². The maximum atomic E-state index is 11.5. The van der Waals surface area contributed by atoms with E-state index >= 15 is 0 Å². The van der Waals surface area contributed by atoms with E-state index in [1.807, 2.05) is 0 Å². The van der Waals surface area contributed by atoms with E-state index < -0.39 is 0 Å². The van der Waals surface area contributed by atoms with Crippen LogP contribution in [0.25, 0.3) is 0 Å². The minimum Gasteiger partial charge on any atom is -0.348 e. The summed E-state index contributed by atoms with van der Waals surface area (Å²) < 4.78 is 0. The molecule has 2 N–H and O–H groups in total. The Bertz CT molecular complexity index is 298. The quantitative estimate of drug-likeness (QED) is 0.698. The highest BCUT2D eigenvalue weighted by atomic mass is 16.2. The Morgan fingerprint density at radius 1 is 1.50 bits per heavy atom. The zero-order chi connectivity index (χ0) is 11.8. The largest absolute Gasteiger partial charge is 0.348 e. The molecule has 0 bridgehead atoms. The molecule has 0 atom stereocenters. The van der Waals surface area contributed by atoms with Crippen LogP contribution in [0.1, 0.15) is 30.9 Å². The number of aromatic amines is 1. The Morgan fingerprint density at radius 2 is 2.31 bits per heavy atom. The molecule has 0 spiro atoms. The van der Waals surface area contributed by atoms with Crippen molar-refractivity contribution in [2.45, 2.75) is 20.3 Å². The second kappa shape index (κ2) is 6.95. The fraction of sp³-hybridized carbons (Fsp3) is 0.700. The number of amides is 1. The molecule has 6 nitrogen and oxygen atoms in total. The summed E-state index contributed by atoms with van der Waals surface area (Å²) in [5.74, 6) is 0.0589. The predicted octanol–water partition coefficient (Wildman–Crippen LogP) is 0.266. The molecule has 1 rings (SSSR count). The lowest BCUT2D eigenvalue weighted by molar-refractivity contribution is 0.0938. The van der Waals surface area contributed by atoms with Crippen LogP contribution >= 0.6 is 0 Å². The first kappa shape index (κ1) is 12.6. The minimum absolute atomic E-state index is 0.204. The normalized spacial score (nSPS) is 10.7. The summed E-state index contributed by atoms with van der Waals surface area (Å²) in [6.07, 6.45) is 2.45. The number of rotatable bonds is 7. The van der Waals surface area contributed by atoms with Gasteiger partial charge in [0.15, 0.2) is 0 Å². The average molecular weight is 225 g/mol. The monoisotopic (exact) mass is 225 g/mol. The first-order valence-electron chi connectivity index (χ1n) is 5.63. The molecule has 0 aromatic carbocycles. The lowest BCUT2D eigenvalue weighted by Gasteiger charge is -2.19. The van der Waals surface area contributed by atoms with Crippen LogP contribution in [0.4, 0.5) is 0 Å². The Morgan fingerprint density at radius 3 is 2.88 bits per heavy atom. The number of carbonyl (C=O) groups is 1. The zero-order valence-electron chi connectivity index (χ0n) is 9.86. The molecule has 1 aromatic rings.